The van der Waals surface area contributed by atoms with Crippen molar-refractivity contribution in [1.82, 2.24) is 4.98 Å². The minimum Gasteiger partial charge on any atom is -0.497 e. The van der Waals surface area contributed by atoms with Gasteiger partial charge in [-0.15, -0.1) is 11.3 Å². The molecule has 1 saturated heterocycles. The third-order valence-corrected chi connectivity index (χ3v) is 7.20. The molecule has 1 aliphatic heterocycles. The molecule has 0 saturated carbocycles. The second-order valence-electron chi connectivity index (χ2n) is 6.14. The van der Waals surface area contributed by atoms with Crippen molar-refractivity contribution in [2.45, 2.75) is 43.8 Å². The summed E-state index contributed by atoms with van der Waals surface area (Å²) >= 11 is 3.95. The SMILES string of the molecule is CC[C@]1(C)C[C@H](c2nc(-c3ccc(OC)cc3)cs2)CCS1. The van der Waals surface area contributed by atoms with Gasteiger partial charge in [0.05, 0.1) is 17.8 Å². The predicted octanol–water partition coefficient (Wildman–Crippen LogP) is 5.60. The molecule has 2 heterocycles. The van der Waals surface area contributed by atoms with Crippen LogP contribution in [0.2, 0.25) is 0 Å². The highest BCUT2D eigenvalue weighted by atomic mass is 32.2. The van der Waals surface area contributed by atoms with E-state index in [4.69, 9.17) is 9.72 Å². The minimum absolute atomic E-state index is 0.425. The first-order chi connectivity index (χ1) is 10.6. The van der Waals surface area contributed by atoms with Gasteiger partial charge in [0.1, 0.15) is 5.75 Å². The van der Waals surface area contributed by atoms with Crippen LogP contribution in [0.25, 0.3) is 11.3 Å². The van der Waals surface area contributed by atoms with Crippen molar-refractivity contribution in [3.05, 3.63) is 34.7 Å². The molecular weight excluding hydrogens is 310 g/mol. The van der Waals surface area contributed by atoms with Crippen LogP contribution in [0.3, 0.4) is 0 Å². The van der Waals surface area contributed by atoms with E-state index in [0.717, 1.165) is 11.4 Å². The number of thiazole rings is 1. The molecule has 0 spiro atoms. The van der Waals surface area contributed by atoms with E-state index < -0.39 is 0 Å². The average molecular weight is 334 g/mol. The Morgan fingerprint density at radius 2 is 2.09 bits per heavy atom. The van der Waals surface area contributed by atoms with Crippen LogP contribution in [0.15, 0.2) is 29.6 Å². The molecular formula is C18H23NOS2. The fraction of sp³-hybridized carbons (Fsp3) is 0.500. The number of thioether (sulfide) groups is 1. The molecule has 1 aromatic carbocycles. The maximum absolute atomic E-state index is 5.22. The highest BCUT2D eigenvalue weighted by Crippen LogP contribution is 2.46. The summed E-state index contributed by atoms with van der Waals surface area (Å²) in [5.74, 6) is 2.78. The smallest absolute Gasteiger partial charge is 0.118 e. The number of hydrogen-bond donors (Lipinski definition) is 0. The van der Waals surface area contributed by atoms with Crippen molar-refractivity contribution in [2.24, 2.45) is 0 Å². The zero-order valence-electron chi connectivity index (χ0n) is 13.5. The van der Waals surface area contributed by atoms with Gasteiger partial charge in [0.15, 0.2) is 0 Å². The zero-order valence-corrected chi connectivity index (χ0v) is 15.1. The van der Waals surface area contributed by atoms with Gasteiger partial charge in [-0.05, 0) is 49.3 Å². The summed E-state index contributed by atoms with van der Waals surface area (Å²) < 4.78 is 5.65. The molecule has 3 rings (SSSR count). The molecule has 2 nitrogen and oxygen atoms in total. The number of hydrogen-bond acceptors (Lipinski definition) is 4. The van der Waals surface area contributed by atoms with Crippen LogP contribution in [0.1, 0.15) is 44.0 Å². The molecule has 1 aromatic heterocycles. The fourth-order valence-corrected chi connectivity index (χ4v) is 5.34. The summed E-state index contributed by atoms with van der Waals surface area (Å²) in [5, 5.41) is 3.51. The third kappa shape index (κ3) is 3.33. The molecule has 118 valence electrons. The van der Waals surface area contributed by atoms with E-state index >= 15 is 0 Å². The van der Waals surface area contributed by atoms with E-state index in [2.05, 4.69) is 43.1 Å². The monoisotopic (exact) mass is 333 g/mol. The number of rotatable bonds is 4. The van der Waals surface area contributed by atoms with Crippen molar-refractivity contribution in [2.75, 3.05) is 12.9 Å². The molecule has 4 heteroatoms. The lowest BCUT2D eigenvalue weighted by molar-refractivity contribution is 0.415. The minimum atomic E-state index is 0.425. The lowest BCUT2D eigenvalue weighted by Crippen LogP contribution is -2.27. The Labute approximate surface area is 141 Å². The Hall–Kier alpha value is -1.000. The van der Waals surface area contributed by atoms with Crippen molar-refractivity contribution in [1.29, 1.82) is 0 Å². The third-order valence-electron chi connectivity index (χ3n) is 4.60. The van der Waals surface area contributed by atoms with Gasteiger partial charge < -0.3 is 4.74 Å². The van der Waals surface area contributed by atoms with E-state index in [9.17, 15) is 0 Å². The highest BCUT2D eigenvalue weighted by Gasteiger charge is 2.33. The Balaban J connectivity index is 1.78. The number of aromatic nitrogens is 1. The van der Waals surface area contributed by atoms with E-state index in [-0.39, 0.29) is 0 Å². The van der Waals surface area contributed by atoms with Gasteiger partial charge in [-0.25, -0.2) is 4.98 Å². The van der Waals surface area contributed by atoms with Crippen molar-refractivity contribution in [3.63, 3.8) is 0 Å². The molecule has 1 aliphatic rings. The molecule has 0 radical (unpaired) electrons. The van der Waals surface area contributed by atoms with Crippen molar-refractivity contribution in [3.8, 4) is 17.0 Å². The second kappa shape index (κ2) is 6.63. The fourth-order valence-electron chi connectivity index (χ4n) is 2.96. The summed E-state index contributed by atoms with van der Waals surface area (Å²) in [5.41, 5.74) is 2.27. The van der Waals surface area contributed by atoms with E-state index in [1.165, 1.54) is 35.6 Å². The van der Waals surface area contributed by atoms with E-state index in [0.29, 0.717) is 10.7 Å². The van der Waals surface area contributed by atoms with Crippen LogP contribution < -0.4 is 4.74 Å². The van der Waals surface area contributed by atoms with Crippen molar-refractivity contribution < 1.29 is 4.74 Å². The Morgan fingerprint density at radius 3 is 2.77 bits per heavy atom. The standard InChI is InChI=1S/C18H23NOS2/c1-4-18(2)11-14(9-10-22-18)17-19-16(12-21-17)13-5-7-15(20-3)8-6-13/h5-8,12,14H,4,9-11H2,1-3H3/t14-,18-/m1/s1. The van der Waals surface area contributed by atoms with Gasteiger partial charge in [-0.3, -0.25) is 0 Å². The lowest BCUT2D eigenvalue weighted by Gasteiger charge is -2.36. The van der Waals surface area contributed by atoms with Gasteiger partial charge in [-0.2, -0.15) is 11.8 Å². The summed E-state index contributed by atoms with van der Waals surface area (Å²) in [6.07, 6.45) is 3.75. The number of nitrogens with zero attached hydrogens (tertiary/aromatic N) is 1. The Kier molecular flexibility index (Phi) is 4.79. The first kappa shape index (κ1) is 15.9. The lowest BCUT2D eigenvalue weighted by atomic mass is 9.91. The van der Waals surface area contributed by atoms with Crippen LogP contribution in [0.5, 0.6) is 5.75 Å². The molecule has 0 amide bonds. The van der Waals surface area contributed by atoms with Crippen LogP contribution in [0, 0.1) is 0 Å². The number of ether oxygens (including phenoxy) is 1. The van der Waals surface area contributed by atoms with Gasteiger partial charge in [0.25, 0.3) is 0 Å². The second-order valence-corrected chi connectivity index (χ2v) is 8.71. The molecule has 0 aliphatic carbocycles. The van der Waals surface area contributed by atoms with Gasteiger partial charge >= 0.3 is 0 Å². The Bertz CT molecular complexity index is 622. The molecule has 0 N–H and O–H groups in total. The van der Waals surface area contributed by atoms with Gasteiger partial charge in [0.2, 0.25) is 0 Å². The van der Waals surface area contributed by atoms with Crippen LogP contribution in [0.4, 0.5) is 0 Å². The zero-order chi connectivity index (χ0) is 15.6. The molecule has 0 unspecified atom stereocenters. The molecule has 22 heavy (non-hydrogen) atoms. The quantitative estimate of drug-likeness (QED) is 0.727. The number of methoxy groups -OCH3 is 1. The summed E-state index contributed by atoms with van der Waals surface area (Å²) in [6, 6.07) is 8.18. The molecule has 0 bridgehead atoms. The topological polar surface area (TPSA) is 22.1 Å². The Morgan fingerprint density at radius 1 is 1.32 bits per heavy atom. The summed E-state index contributed by atoms with van der Waals surface area (Å²) in [6.45, 7) is 4.71. The molecule has 2 atom stereocenters. The first-order valence-corrected chi connectivity index (χ1v) is 9.74. The largest absolute Gasteiger partial charge is 0.497 e. The van der Waals surface area contributed by atoms with Crippen LogP contribution in [-0.2, 0) is 0 Å². The highest BCUT2D eigenvalue weighted by molar-refractivity contribution is 8.00. The van der Waals surface area contributed by atoms with Crippen LogP contribution in [-0.4, -0.2) is 22.6 Å². The summed E-state index contributed by atoms with van der Waals surface area (Å²) in [7, 11) is 1.70. The van der Waals surface area contributed by atoms with E-state index in [1.807, 2.05) is 23.5 Å². The average Bonchev–Trinajstić information content (AvgIpc) is 3.05. The van der Waals surface area contributed by atoms with E-state index in [1.54, 1.807) is 7.11 Å². The normalized spacial score (nSPS) is 25.1. The van der Waals surface area contributed by atoms with Gasteiger partial charge in [-0.1, -0.05) is 13.8 Å². The summed E-state index contributed by atoms with van der Waals surface area (Å²) in [4.78, 5) is 4.93. The maximum Gasteiger partial charge on any atom is 0.118 e. The molecule has 1 fully saturated rings. The molecule has 2 aromatic rings. The predicted molar refractivity (Wildman–Crippen MR) is 97.2 cm³/mol. The van der Waals surface area contributed by atoms with Crippen LogP contribution >= 0.6 is 23.1 Å². The number of benzene rings is 1. The van der Waals surface area contributed by atoms with Gasteiger partial charge in [0, 0.05) is 21.6 Å². The maximum atomic E-state index is 5.22. The first-order valence-electron chi connectivity index (χ1n) is 7.87. The van der Waals surface area contributed by atoms with Crippen molar-refractivity contribution >= 4 is 23.1 Å².